The Hall–Kier alpha value is -1.50. The van der Waals surface area contributed by atoms with Crippen molar-refractivity contribution in [2.45, 2.75) is 45.3 Å². The summed E-state index contributed by atoms with van der Waals surface area (Å²) in [7, 11) is 0. The Labute approximate surface area is 113 Å². The quantitative estimate of drug-likeness (QED) is 0.348. The van der Waals surface area contributed by atoms with Crippen molar-refractivity contribution in [1.29, 1.82) is 0 Å². The molecule has 1 aliphatic heterocycles. The van der Waals surface area contributed by atoms with E-state index < -0.39 is 5.60 Å². The SMILES string of the molecule is CC(C)(C)OC(=O)N1CCC(OC/C(N)=N/O)CC1. The Morgan fingerprint density at radius 2 is 2.00 bits per heavy atom. The lowest BCUT2D eigenvalue weighted by Gasteiger charge is -2.33. The van der Waals surface area contributed by atoms with Crippen molar-refractivity contribution in [3.8, 4) is 0 Å². The van der Waals surface area contributed by atoms with E-state index in [-0.39, 0.29) is 24.6 Å². The molecule has 3 N–H and O–H groups in total. The lowest BCUT2D eigenvalue weighted by atomic mass is 10.1. The number of likely N-dealkylation sites (tertiary alicyclic amines) is 1. The van der Waals surface area contributed by atoms with Gasteiger partial charge in [0, 0.05) is 13.1 Å². The van der Waals surface area contributed by atoms with Crippen LogP contribution in [0.4, 0.5) is 4.79 Å². The fraction of sp³-hybridized carbons (Fsp3) is 0.833. The molecule has 0 aromatic carbocycles. The molecule has 19 heavy (non-hydrogen) atoms. The Morgan fingerprint density at radius 3 is 2.47 bits per heavy atom. The summed E-state index contributed by atoms with van der Waals surface area (Å²) in [5.74, 6) is 0.0505. The fourth-order valence-electron chi connectivity index (χ4n) is 1.76. The molecule has 0 aromatic rings. The third kappa shape index (κ3) is 5.78. The Bertz CT molecular complexity index is 330. The number of carbonyl (C=O) groups is 1. The Morgan fingerprint density at radius 1 is 1.42 bits per heavy atom. The molecule has 0 spiro atoms. The predicted octanol–water partition coefficient (Wildman–Crippen LogP) is 1.15. The van der Waals surface area contributed by atoms with Crippen LogP contribution in [0.25, 0.3) is 0 Å². The largest absolute Gasteiger partial charge is 0.444 e. The minimum atomic E-state index is -0.476. The summed E-state index contributed by atoms with van der Waals surface area (Å²) in [6.45, 7) is 6.83. The van der Waals surface area contributed by atoms with Gasteiger partial charge in [-0.3, -0.25) is 0 Å². The average molecular weight is 273 g/mol. The van der Waals surface area contributed by atoms with Crippen LogP contribution in [0.15, 0.2) is 5.16 Å². The van der Waals surface area contributed by atoms with Crippen LogP contribution in [0.5, 0.6) is 0 Å². The van der Waals surface area contributed by atoms with Gasteiger partial charge in [-0.1, -0.05) is 5.16 Å². The van der Waals surface area contributed by atoms with Gasteiger partial charge in [-0.05, 0) is 33.6 Å². The number of amides is 1. The maximum atomic E-state index is 11.8. The van der Waals surface area contributed by atoms with E-state index in [1.807, 2.05) is 20.8 Å². The number of carbonyl (C=O) groups excluding carboxylic acids is 1. The highest BCUT2D eigenvalue weighted by Gasteiger charge is 2.27. The van der Waals surface area contributed by atoms with Gasteiger partial charge in [-0.25, -0.2) is 4.79 Å². The minimum Gasteiger partial charge on any atom is -0.444 e. The van der Waals surface area contributed by atoms with Crippen molar-refractivity contribution in [2.24, 2.45) is 10.9 Å². The molecular weight excluding hydrogens is 250 g/mol. The van der Waals surface area contributed by atoms with Crippen LogP contribution >= 0.6 is 0 Å². The summed E-state index contributed by atoms with van der Waals surface area (Å²) in [6.07, 6.45) is 1.18. The normalized spacial score (nSPS) is 18.5. The van der Waals surface area contributed by atoms with Crippen LogP contribution in [-0.2, 0) is 9.47 Å². The standard InChI is InChI=1S/C12H23N3O4/c1-12(2,3)19-11(16)15-6-4-9(5-7-15)18-8-10(13)14-17/h9,17H,4-8H2,1-3H3,(H2,13,14). The molecular formula is C12H23N3O4. The summed E-state index contributed by atoms with van der Waals surface area (Å²) >= 11 is 0. The third-order valence-corrected chi connectivity index (χ3v) is 2.69. The van der Waals surface area contributed by atoms with Crippen LogP contribution in [0.3, 0.4) is 0 Å². The van der Waals surface area contributed by atoms with Gasteiger partial charge in [-0.2, -0.15) is 0 Å². The Kier molecular flexibility index (Phi) is 5.41. The van der Waals surface area contributed by atoms with Crippen LogP contribution in [0, 0.1) is 0 Å². The van der Waals surface area contributed by atoms with E-state index in [2.05, 4.69) is 5.16 Å². The molecule has 0 aromatic heterocycles. The molecule has 0 atom stereocenters. The van der Waals surface area contributed by atoms with E-state index in [0.717, 1.165) is 12.8 Å². The van der Waals surface area contributed by atoms with Gasteiger partial charge in [0.05, 0.1) is 6.10 Å². The van der Waals surface area contributed by atoms with Crippen molar-refractivity contribution in [3.05, 3.63) is 0 Å². The zero-order valence-electron chi connectivity index (χ0n) is 11.8. The molecule has 1 heterocycles. The summed E-state index contributed by atoms with van der Waals surface area (Å²) in [5.41, 5.74) is 4.85. The highest BCUT2D eigenvalue weighted by molar-refractivity contribution is 5.80. The van der Waals surface area contributed by atoms with Crippen molar-refractivity contribution < 1.29 is 19.5 Å². The van der Waals surface area contributed by atoms with Crippen molar-refractivity contribution in [3.63, 3.8) is 0 Å². The summed E-state index contributed by atoms with van der Waals surface area (Å²) in [5, 5.41) is 11.2. The maximum absolute atomic E-state index is 11.8. The lowest BCUT2D eigenvalue weighted by molar-refractivity contribution is -0.00315. The number of piperidine rings is 1. The summed E-state index contributed by atoms with van der Waals surface area (Å²) in [6, 6.07) is 0. The summed E-state index contributed by atoms with van der Waals surface area (Å²) < 4.78 is 10.8. The molecule has 1 saturated heterocycles. The molecule has 1 aliphatic rings. The second kappa shape index (κ2) is 6.60. The van der Waals surface area contributed by atoms with Crippen LogP contribution < -0.4 is 5.73 Å². The van der Waals surface area contributed by atoms with E-state index >= 15 is 0 Å². The number of nitrogens with two attached hydrogens (primary N) is 1. The number of hydrogen-bond donors (Lipinski definition) is 2. The van der Waals surface area contributed by atoms with Crippen molar-refractivity contribution >= 4 is 11.9 Å². The molecule has 1 rings (SSSR count). The molecule has 7 nitrogen and oxygen atoms in total. The van der Waals surface area contributed by atoms with Gasteiger partial charge in [0.15, 0.2) is 5.84 Å². The Balaban J connectivity index is 2.31. The maximum Gasteiger partial charge on any atom is 0.410 e. The van der Waals surface area contributed by atoms with E-state index in [4.69, 9.17) is 20.4 Å². The minimum absolute atomic E-state index is 0.0268. The third-order valence-electron chi connectivity index (χ3n) is 2.69. The van der Waals surface area contributed by atoms with Crippen molar-refractivity contribution in [1.82, 2.24) is 4.90 Å². The van der Waals surface area contributed by atoms with Gasteiger partial charge >= 0.3 is 6.09 Å². The second-order valence-corrected chi connectivity index (χ2v) is 5.57. The monoisotopic (exact) mass is 273 g/mol. The van der Waals surface area contributed by atoms with Gasteiger partial charge < -0.3 is 25.3 Å². The molecule has 0 saturated carbocycles. The number of hydrogen-bond acceptors (Lipinski definition) is 5. The van der Waals surface area contributed by atoms with Crippen LogP contribution in [0.2, 0.25) is 0 Å². The van der Waals surface area contributed by atoms with Crippen molar-refractivity contribution in [2.75, 3.05) is 19.7 Å². The van der Waals surface area contributed by atoms with Gasteiger partial charge in [-0.15, -0.1) is 0 Å². The molecule has 1 fully saturated rings. The smallest absolute Gasteiger partial charge is 0.410 e. The van der Waals surface area contributed by atoms with Crippen LogP contribution in [-0.4, -0.2) is 53.4 Å². The van der Waals surface area contributed by atoms with E-state index in [1.165, 1.54) is 0 Å². The highest BCUT2D eigenvalue weighted by Crippen LogP contribution is 2.17. The first-order valence-corrected chi connectivity index (χ1v) is 6.38. The summed E-state index contributed by atoms with van der Waals surface area (Å²) in [4.78, 5) is 13.5. The highest BCUT2D eigenvalue weighted by atomic mass is 16.6. The molecule has 0 radical (unpaired) electrons. The predicted molar refractivity (Wildman–Crippen MR) is 70.2 cm³/mol. The number of nitrogens with zero attached hydrogens (tertiary/aromatic N) is 2. The first-order chi connectivity index (χ1) is 8.81. The molecule has 110 valence electrons. The first kappa shape index (κ1) is 15.6. The number of oxime groups is 1. The zero-order chi connectivity index (χ0) is 14.5. The van der Waals surface area contributed by atoms with E-state index in [9.17, 15) is 4.79 Å². The first-order valence-electron chi connectivity index (χ1n) is 6.38. The topological polar surface area (TPSA) is 97.4 Å². The molecule has 7 heteroatoms. The lowest BCUT2D eigenvalue weighted by Crippen LogP contribution is -2.43. The average Bonchev–Trinajstić information content (AvgIpc) is 2.34. The number of rotatable bonds is 3. The molecule has 1 amide bonds. The zero-order valence-corrected chi connectivity index (χ0v) is 11.8. The van der Waals surface area contributed by atoms with Gasteiger partial charge in [0.1, 0.15) is 12.2 Å². The van der Waals surface area contributed by atoms with Crippen LogP contribution in [0.1, 0.15) is 33.6 Å². The van der Waals surface area contributed by atoms with Gasteiger partial charge in [0.25, 0.3) is 0 Å². The van der Waals surface area contributed by atoms with E-state index in [0.29, 0.717) is 13.1 Å². The van der Waals surface area contributed by atoms with E-state index in [1.54, 1.807) is 4.90 Å². The number of ether oxygens (including phenoxy) is 2. The molecule has 0 unspecified atom stereocenters. The fourth-order valence-corrected chi connectivity index (χ4v) is 1.76. The molecule has 0 bridgehead atoms. The second-order valence-electron chi connectivity index (χ2n) is 5.57. The number of amidine groups is 1. The van der Waals surface area contributed by atoms with Gasteiger partial charge in [0.2, 0.25) is 0 Å². The molecule has 0 aliphatic carbocycles.